The quantitative estimate of drug-likeness (QED) is 0.165. The van der Waals surface area contributed by atoms with E-state index in [9.17, 15) is 0 Å². The first-order chi connectivity index (χ1) is 14.3. The summed E-state index contributed by atoms with van der Waals surface area (Å²) < 4.78 is 0. The van der Waals surface area contributed by atoms with Crippen LogP contribution < -0.4 is 0 Å². The van der Waals surface area contributed by atoms with Crippen LogP contribution in [0.1, 0.15) is 96.8 Å². The lowest BCUT2D eigenvalue weighted by atomic mass is 10.1. The van der Waals surface area contributed by atoms with Gasteiger partial charge in [0.15, 0.2) is 0 Å². The van der Waals surface area contributed by atoms with E-state index >= 15 is 0 Å². The molecule has 0 aromatic rings. The highest BCUT2D eigenvalue weighted by molar-refractivity contribution is 4.81. The summed E-state index contributed by atoms with van der Waals surface area (Å²) in [6, 6.07) is 0. The lowest BCUT2D eigenvalue weighted by Gasteiger charge is -2.17. The molecule has 0 rings (SSSR count). The Morgan fingerprint density at radius 2 is 0.862 bits per heavy atom. The Kier molecular flexibility index (Phi) is 31.5. The zero-order valence-electron chi connectivity index (χ0n) is 19.2. The number of aliphatic hydroxyl groups excluding tert-OH is 4. The normalized spacial score (nSPS) is 11.2. The molecule has 0 amide bonds. The Hall–Kier alpha value is -0.460. The summed E-state index contributed by atoms with van der Waals surface area (Å²) in [6.45, 7) is 4.39. The maximum Gasteiger partial charge on any atom is 0.0558 e. The van der Waals surface area contributed by atoms with Gasteiger partial charge < -0.3 is 20.4 Å². The fraction of sp³-hybridized carbons (Fsp3) is 0.917. The standard InChI is InChI=1S/C18H36O.C6H15NO3/c1-2-3-4-5-6-7-8-9-10-11-12-13-14-15-16-17-18-19;8-4-1-7(2-5-9)3-6-10/h9-10,19H,2-8,11-18H2,1H3;8-10H,1-6H2/b10-9-;. The van der Waals surface area contributed by atoms with Crippen LogP contribution in [0, 0.1) is 0 Å². The summed E-state index contributed by atoms with van der Waals surface area (Å²) in [4.78, 5) is 1.79. The molecule has 5 heteroatoms. The van der Waals surface area contributed by atoms with Crippen molar-refractivity contribution in [1.29, 1.82) is 0 Å². The van der Waals surface area contributed by atoms with Crippen molar-refractivity contribution in [3.8, 4) is 0 Å². The van der Waals surface area contributed by atoms with Gasteiger partial charge in [0, 0.05) is 26.2 Å². The molecule has 0 saturated carbocycles. The molecule has 0 saturated heterocycles. The zero-order chi connectivity index (χ0) is 21.8. The third kappa shape index (κ3) is 29.8. The van der Waals surface area contributed by atoms with Gasteiger partial charge in [0.2, 0.25) is 0 Å². The maximum atomic E-state index is 8.66. The Bertz CT molecular complexity index is 286. The first kappa shape index (κ1) is 30.7. The fourth-order valence-corrected chi connectivity index (χ4v) is 3.12. The summed E-state index contributed by atoms with van der Waals surface area (Å²) >= 11 is 0. The second-order valence-corrected chi connectivity index (χ2v) is 7.67. The van der Waals surface area contributed by atoms with Gasteiger partial charge in [-0.3, -0.25) is 4.90 Å². The van der Waals surface area contributed by atoms with Gasteiger partial charge in [-0.05, 0) is 32.1 Å². The largest absolute Gasteiger partial charge is 0.396 e. The van der Waals surface area contributed by atoms with Crippen LogP contribution in [0.25, 0.3) is 0 Å². The third-order valence-electron chi connectivity index (χ3n) is 4.92. The minimum Gasteiger partial charge on any atom is -0.396 e. The van der Waals surface area contributed by atoms with Crippen molar-refractivity contribution in [2.24, 2.45) is 0 Å². The summed E-state index contributed by atoms with van der Waals surface area (Å²) in [5.74, 6) is 0. The molecule has 0 aliphatic carbocycles. The van der Waals surface area contributed by atoms with E-state index in [0.29, 0.717) is 26.2 Å². The number of nitrogens with zero attached hydrogens (tertiary/aromatic N) is 1. The van der Waals surface area contributed by atoms with Crippen molar-refractivity contribution in [3.05, 3.63) is 12.2 Å². The molecule has 4 N–H and O–H groups in total. The smallest absolute Gasteiger partial charge is 0.0558 e. The van der Waals surface area contributed by atoms with Crippen molar-refractivity contribution in [1.82, 2.24) is 4.90 Å². The Morgan fingerprint density at radius 3 is 1.24 bits per heavy atom. The van der Waals surface area contributed by atoms with Crippen LogP contribution in [0.15, 0.2) is 12.2 Å². The van der Waals surface area contributed by atoms with E-state index in [1.54, 1.807) is 4.90 Å². The molecule has 0 fully saturated rings. The van der Waals surface area contributed by atoms with Gasteiger partial charge >= 0.3 is 0 Å². The summed E-state index contributed by atoms with van der Waals surface area (Å²) in [7, 11) is 0. The van der Waals surface area contributed by atoms with Crippen LogP contribution in [0.5, 0.6) is 0 Å². The van der Waals surface area contributed by atoms with E-state index in [2.05, 4.69) is 19.1 Å². The molecule has 0 bridgehead atoms. The third-order valence-corrected chi connectivity index (χ3v) is 4.92. The van der Waals surface area contributed by atoms with Crippen LogP contribution >= 0.6 is 0 Å². The predicted octanol–water partition coefficient (Wildman–Crippen LogP) is 4.28. The summed E-state index contributed by atoms with van der Waals surface area (Å²) in [6.07, 6.45) is 23.2. The lowest BCUT2D eigenvalue weighted by molar-refractivity contribution is 0.136. The van der Waals surface area contributed by atoms with E-state index in [4.69, 9.17) is 20.4 Å². The molecule has 0 unspecified atom stereocenters. The molecule has 0 aromatic heterocycles. The highest BCUT2D eigenvalue weighted by atomic mass is 16.3. The number of aliphatic hydroxyl groups is 4. The van der Waals surface area contributed by atoms with Crippen molar-refractivity contribution in [2.45, 2.75) is 96.8 Å². The van der Waals surface area contributed by atoms with Gasteiger partial charge in [0.1, 0.15) is 0 Å². The van der Waals surface area contributed by atoms with E-state index in [1.165, 1.54) is 83.5 Å². The first-order valence-corrected chi connectivity index (χ1v) is 12.1. The van der Waals surface area contributed by atoms with E-state index in [1.807, 2.05) is 0 Å². The predicted molar refractivity (Wildman–Crippen MR) is 124 cm³/mol. The zero-order valence-corrected chi connectivity index (χ0v) is 19.2. The monoisotopic (exact) mass is 417 g/mol. The molecule has 0 spiro atoms. The summed E-state index contributed by atoms with van der Waals surface area (Å²) in [5, 5.41) is 34.1. The molecule has 0 atom stereocenters. The lowest BCUT2D eigenvalue weighted by Crippen LogP contribution is -2.32. The number of allylic oxidation sites excluding steroid dienone is 2. The molecular formula is C24H51NO4. The second-order valence-electron chi connectivity index (χ2n) is 7.67. The van der Waals surface area contributed by atoms with Crippen LogP contribution in [-0.4, -0.2) is 71.4 Å². The second kappa shape index (κ2) is 29.7. The van der Waals surface area contributed by atoms with Crippen molar-refractivity contribution in [3.63, 3.8) is 0 Å². The molecule has 0 radical (unpaired) electrons. The van der Waals surface area contributed by atoms with Gasteiger partial charge in [0.05, 0.1) is 19.8 Å². The molecule has 176 valence electrons. The van der Waals surface area contributed by atoms with Crippen LogP contribution in [-0.2, 0) is 0 Å². The van der Waals surface area contributed by atoms with Gasteiger partial charge in [-0.2, -0.15) is 0 Å². The van der Waals surface area contributed by atoms with Gasteiger partial charge in [-0.15, -0.1) is 0 Å². The average Bonchev–Trinajstić information content (AvgIpc) is 2.72. The van der Waals surface area contributed by atoms with E-state index in [0.717, 1.165) is 6.42 Å². The topological polar surface area (TPSA) is 84.2 Å². The Balaban J connectivity index is 0. The molecule has 0 aromatic carbocycles. The van der Waals surface area contributed by atoms with Crippen LogP contribution in [0.3, 0.4) is 0 Å². The Morgan fingerprint density at radius 1 is 0.483 bits per heavy atom. The summed E-state index contributed by atoms with van der Waals surface area (Å²) in [5.41, 5.74) is 0. The molecule has 5 nitrogen and oxygen atoms in total. The van der Waals surface area contributed by atoms with Gasteiger partial charge in [0.25, 0.3) is 0 Å². The minimum absolute atomic E-state index is 0.0694. The molecule has 0 aliphatic rings. The Labute approximate surface area is 180 Å². The molecule has 0 aliphatic heterocycles. The SMILES string of the molecule is CCCCCCCC/C=C\CCCCCCCCO.OCCN(CCO)CCO. The van der Waals surface area contributed by atoms with Crippen molar-refractivity contribution in [2.75, 3.05) is 46.1 Å². The maximum absolute atomic E-state index is 8.66. The minimum atomic E-state index is 0.0694. The number of rotatable bonds is 21. The average molecular weight is 418 g/mol. The fourth-order valence-electron chi connectivity index (χ4n) is 3.12. The van der Waals surface area contributed by atoms with Crippen molar-refractivity contribution >= 4 is 0 Å². The van der Waals surface area contributed by atoms with Gasteiger partial charge in [-0.25, -0.2) is 0 Å². The van der Waals surface area contributed by atoms with E-state index < -0.39 is 0 Å². The highest BCUT2D eigenvalue weighted by Crippen LogP contribution is 2.09. The molecule has 29 heavy (non-hydrogen) atoms. The molecular weight excluding hydrogens is 366 g/mol. The van der Waals surface area contributed by atoms with Crippen LogP contribution in [0.2, 0.25) is 0 Å². The van der Waals surface area contributed by atoms with Crippen LogP contribution in [0.4, 0.5) is 0 Å². The highest BCUT2D eigenvalue weighted by Gasteiger charge is 2.00. The number of unbranched alkanes of at least 4 members (excludes halogenated alkanes) is 12. The van der Waals surface area contributed by atoms with Gasteiger partial charge in [-0.1, -0.05) is 76.9 Å². The number of hydrogen-bond donors (Lipinski definition) is 4. The number of hydrogen-bond acceptors (Lipinski definition) is 5. The molecule has 0 heterocycles. The first-order valence-electron chi connectivity index (χ1n) is 12.1. The van der Waals surface area contributed by atoms with Crippen molar-refractivity contribution < 1.29 is 20.4 Å². The van der Waals surface area contributed by atoms with E-state index in [-0.39, 0.29) is 19.8 Å².